The average molecular weight is 432 g/mol. The summed E-state index contributed by atoms with van der Waals surface area (Å²) in [7, 11) is 1.65. The molecular weight excluding hydrogens is 405 g/mol. The number of likely N-dealkylation sites (tertiary alicyclic amines) is 1. The molecule has 2 amide bonds. The SMILES string of the molecule is CNC(=O)C1(Cc2ccc(-c3ccccc3F)cc2)CCN(C(=O)c2ccncc2)CC1. The van der Waals surface area contributed by atoms with E-state index in [-0.39, 0.29) is 17.6 Å². The second-order valence-corrected chi connectivity index (χ2v) is 8.24. The number of aromatic nitrogens is 1. The number of rotatable bonds is 5. The van der Waals surface area contributed by atoms with Crippen LogP contribution in [-0.2, 0) is 11.2 Å². The van der Waals surface area contributed by atoms with E-state index in [2.05, 4.69) is 10.3 Å². The molecule has 0 unspecified atom stereocenters. The fourth-order valence-corrected chi connectivity index (χ4v) is 4.45. The number of nitrogens with one attached hydrogen (secondary N) is 1. The Kier molecular flexibility index (Phi) is 6.30. The van der Waals surface area contributed by atoms with Crippen molar-refractivity contribution in [1.82, 2.24) is 15.2 Å². The second-order valence-electron chi connectivity index (χ2n) is 8.24. The second kappa shape index (κ2) is 9.30. The summed E-state index contributed by atoms with van der Waals surface area (Å²) in [5.74, 6) is -0.299. The van der Waals surface area contributed by atoms with Crippen LogP contribution in [-0.4, -0.2) is 41.8 Å². The third-order valence-corrected chi connectivity index (χ3v) is 6.33. The lowest BCUT2D eigenvalue weighted by Gasteiger charge is -2.40. The van der Waals surface area contributed by atoms with Crippen molar-refractivity contribution in [3.63, 3.8) is 0 Å². The summed E-state index contributed by atoms with van der Waals surface area (Å²) in [5.41, 5.74) is 2.41. The van der Waals surface area contributed by atoms with Crippen LogP contribution in [0.1, 0.15) is 28.8 Å². The summed E-state index contributed by atoms with van der Waals surface area (Å²) in [4.78, 5) is 31.4. The van der Waals surface area contributed by atoms with Crippen LogP contribution in [0, 0.1) is 11.2 Å². The number of benzene rings is 2. The smallest absolute Gasteiger partial charge is 0.253 e. The van der Waals surface area contributed by atoms with Gasteiger partial charge in [-0.05, 0) is 48.6 Å². The summed E-state index contributed by atoms with van der Waals surface area (Å²) < 4.78 is 14.1. The van der Waals surface area contributed by atoms with E-state index in [0.29, 0.717) is 43.5 Å². The summed E-state index contributed by atoms with van der Waals surface area (Å²) in [5, 5.41) is 2.82. The van der Waals surface area contributed by atoms with Crippen LogP contribution in [0.15, 0.2) is 73.1 Å². The highest BCUT2D eigenvalue weighted by Gasteiger charge is 2.41. The molecule has 4 rings (SSSR count). The Morgan fingerprint density at radius 1 is 1.00 bits per heavy atom. The van der Waals surface area contributed by atoms with Gasteiger partial charge in [-0.2, -0.15) is 0 Å². The van der Waals surface area contributed by atoms with Gasteiger partial charge in [-0.1, -0.05) is 42.5 Å². The normalized spacial score (nSPS) is 15.2. The molecule has 1 N–H and O–H groups in total. The van der Waals surface area contributed by atoms with Gasteiger partial charge in [0.25, 0.3) is 5.91 Å². The molecule has 1 aliphatic heterocycles. The molecule has 1 aliphatic rings. The van der Waals surface area contributed by atoms with Crippen molar-refractivity contribution in [2.75, 3.05) is 20.1 Å². The lowest BCUT2D eigenvalue weighted by Crippen LogP contribution is -2.50. The maximum Gasteiger partial charge on any atom is 0.253 e. The number of amides is 2. The largest absolute Gasteiger partial charge is 0.359 e. The zero-order valence-electron chi connectivity index (χ0n) is 18.1. The highest BCUT2D eigenvalue weighted by atomic mass is 19.1. The molecule has 0 bridgehead atoms. The van der Waals surface area contributed by atoms with Gasteiger partial charge in [-0.15, -0.1) is 0 Å². The van der Waals surface area contributed by atoms with Crippen LogP contribution < -0.4 is 5.32 Å². The molecule has 164 valence electrons. The van der Waals surface area contributed by atoms with Crippen LogP contribution in [0.4, 0.5) is 4.39 Å². The molecule has 0 aliphatic carbocycles. The van der Waals surface area contributed by atoms with Crippen molar-refractivity contribution in [2.45, 2.75) is 19.3 Å². The van der Waals surface area contributed by atoms with Gasteiger partial charge in [0.05, 0.1) is 5.41 Å². The van der Waals surface area contributed by atoms with Gasteiger partial charge in [0.1, 0.15) is 5.82 Å². The number of piperidine rings is 1. The molecule has 32 heavy (non-hydrogen) atoms. The van der Waals surface area contributed by atoms with Crippen molar-refractivity contribution < 1.29 is 14.0 Å². The van der Waals surface area contributed by atoms with Crippen molar-refractivity contribution in [1.29, 1.82) is 0 Å². The highest BCUT2D eigenvalue weighted by molar-refractivity contribution is 5.94. The Morgan fingerprint density at radius 2 is 1.66 bits per heavy atom. The summed E-state index contributed by atoms with van der Waals surface area (Å²) in [6, 6.07) is 17.8. The van der Waals surface area contributed by atoms with Gasteiger partial charge in [0, 0.05) is 43.7 Å². The Morgan fingerprint density at radius 3 is 2.28 bits per heavy atom. The third kappa shape index (κ3) is 4.40. The Hall–Kier alpha value is -3.54. The summed E-state index contributed by atoms with van der Waals surface area (Å²) in [6.07, 6.45) is 4.95. The van der Waals surface area contributed by atoms with E-state index in [1.54, 1.807) is 48.6 Å². The summed E-state index contributed by atoms with van der Waals surface area (Å²) in [6.45, 7) is 1.03. The molecule has 2 aromatic carbocycles. The average Bonchev–Trinajstić information content (AvgIpc) is 2.85. The lowest BCUT2D eigenvalue weighted by molar-refractivity contribution is -0.133. The van der Waals surface area contributed by atoms with Crippen LogP contribution in [0.5, 0.6) is 0 Å². The number of nitrogens with zero attached hydrogens (tertiary/aromatic N) is 2. The van der Waals surface area contributed by atoms with Gasteiger partial charge < -0.3 is 10.2 Å². The van der Waals surface area contributed by atoms with Gasteiger partial charge in [0.2, 0.25) is 5.91 Å². The molecule has 3 aromatic rings. The topological polar surface area (TPSA) is 62.3 Å². The number of halogens is 1. The van der Waals surface area contributed by atoms with Crippen LogP contribution in [0.3, 0.4) is 0 Å². The Balaban J connectivity index is 1.49. The quantitative estimate of drug-likeness (QED) is 0.662. The van der Waals surface area contributed by atoms with Crippen LogP contribution in [0.25, 0.3) is 11.1 Å². The van der Waals surface area contributed by atoms with E-state index in [1.165, 1.54) is 6.07 Å². The zero-order valence-corrected chi connectivity index (χ0v) is 18.1. The molecule has 0 radical (unpaired) electrons. The molecule has 1 aromatic heterocycles. The van der Waals surface area contributed by atoms with E-state index in [4.69, 9.17) is 0 Å². The van der Waals surface area contributed by atoms with E-state index < -0.39 is 5.41 Å². The highest BCUT2D eigenvalue weighted by Crippen LogP contribution is 2.36. The van der Waals surface area contributed by atoms with E-state index in [1.807, 2.05) is 30.3 Å². The fraction of sp³-hybridized carbons (Fsp3) is 0.269. The van der Waals surface area contributed by atoms with Crippen molar-refractivity contribution in [3.8, 4) is 11.1 Å². The minimum Gasteiger partial charge on any atom is -0.359 e. The fourth-order valence-electron chi connectivity index (χ4n) is 4.45. The van der Waals surface area contributed by atoms with Gasteiger partial charge in [-0.3, -0.25) is 14.6 Å². The number of hydrogen-bond donors (Lipinski definition) is 1. The molecule has 0 atom stereocenters. The van der Waals surface area contributed by atoms with Crippen molar-refractivity contribution in [3.05, 3.63) is 90.0 Å². The molecule has 1 fully saturated rings. The zero-order chi connectivity index (χ0) is 22.6. The van der Waals surface area contributed by atoms with E-state index >= 15 is 0 Å². The number of pyridine rings is 1. The predicted molar refractivity (Wildman–Crippen MR) is 121 cm³/mol. The van der Waals surface area contributed by atoms with Gasteiger partial charge in [0.15, 0.2) is 0 Å². The minimum atomic E-state index is -0.580. The van der Waals surface area contributed by atoms with Crippen molar-refractivity contribution >= 4 is 11.8 Å². The molecular formula is C26H26FN3O2. The molecule has 0 saturated carbocycles. The monoisotopic (exact) mass is 431 g/mol. The van der Waals surface area contributed by atoms with Crippen LogP contribution >= 0.6 is 0 Å². The third-order valence-electron chi connectivity index (χ3n) is 6.33. The van der Waals surface area contributed by atoms with Crippen molar-refractivity contribution in [2.24, 2.45) is 5.41 Å². The lowest BCUT2D eigenvalue weighted by atomic mass is 9.72. The predicted octanol–water partition coefficient (Wildman–Crippen LogP) is 4.10. The minimum absolute atomic E-state index is 0.00769. The first-order chi connectivity index (χ1) is 15.5. The first-order valence-corrected chi connectivity index (χ1v) is 10.8. The van der Waals surface area contributed by atoms with E-state index in [0.717, 1.165) is 11.1 Å². The Bertz CT molecular complexity index is 1090. The molecule has 5 nitrogen and oxygen atoms in total. The summed E-state index contributed by atoms with van der Waals surface area (Å²) >= 11 is 0. The molecule has 1 saturated heterocycles. The van der Waals surface area contributed by atoms with Gasteiger partial charge in [-0.25, -0.2) is 4.39 Å². The molecule has 6 heteroatoms. The number of hydrogen-bond acceptors (Lipinski definition) is 3. The van der Waals surface area contributed by atoms with Crippen LogP contribution in [0.2, 0.25) is 0 Å². The maximum atomic E-state index is 14.1. The first kappa shape index (κ1) is 21.7. The standard InChI is InChI=1S/C26H26FN3O2/c1-28-25(32)26(12-16-30(17-13-26)24(31)21-10-14-29-15-11-21)18-19-6-8-20(9-7-19)22-4-2-3-5-23(22)27/h2-11,14-15H,12-13,16-18H2,1H3,(H,28,32). The number of carbonyl (C=O) groups is 2. The van der Waals surface area contributed by atoms with Gasteiger partial charge >= 0.3 is 0 Å². The first-order valence-electron chi connectivity index (χ1n) is 10.8. The Labute approximate surface area is 187 Å². The van der Waals surface area contributed by atoms with E-state index in [9.17, 15) is 14.0 Å². The molecule has 2 heterocycles. The number of carbonyl (C=O) groups excluding carboxylic acids is 2. The molecule has 0 spiro atoms. The maximum absolute atomic E-state index is 14.1.